The van der Waals surface area contributed by atoms with Gasteiger partial charge in [-0.15, -0.1) is 0 Å². The highest BCUT2D eigenvalue weighted by atomic mass is 16.6. The first-order chi connectivity index (χ1) is 16.9. The second kappa shape index (κ2) is 8.93. The molecule has 1 saturated carbocycles. The Morgan fingerprint density at radius 2 is 1.89 bits per heavy atom. The molecule has 2 bridgehead atoms. The van der Waals surface area contributed by atoms with Gasteiger partial charge in [0.1, 0.15) is 11.6 Å². The molecule has 7 N–H and O–H groups in total. The van der Waals surface area contributed by atoms with E-state index in [1.165, 1.54) is 0 Å². The van der Waals surface area contributed by atoms with Crippen molar-refractivity contribution in [1.29, 1.82) is 0 Å². The molecule has 12 nitrogen and oxygen atoms in total. The lowest BCUT2D eigenvalue weighted by Gasteiger charge is -2.62. The maximum atomic E-state index is 13.1. The average Bonchev–Trinajstić information content (AvgIpc) is 3.14. The van der Waals surface area contributed by atoms with Crippen LogP contribution in [-0.4, -0.2) is 71.3 Å². The maximum Gasteiger partial charge on any atom is 0.405 e. The first-order valence-corrected chi connectivity index (χ1v) is 11.9. The number of amides is 2. The maximum absolute atomic E-state index is 13.1. The Bertz CT molecular complexity index is 1120. The number of likely N-dealkylation sites (tertiary alicyclic amines) is 1. The topological polar surface area (TPSA) is 198 Å². The summed E-state index contributed by atoms with van der Waals surface area (Å²) >= 11 is 0. The molecule has 36 heavy (non-hydrogen) atoms. The second-order valence-electron chi connectivity index (χ2n) is 10.2. The summed E-state index contributed by atoms with van der Waals surface area (Å²) in [5.74, 6) is -0.0738. The van der Waals surface area contributed by atoms with Crippen molar-refractivity contribution in [2.75, 3.05) is 13.6 Å². The van der Waals surface area contributed by atoms with Crippen LogP contribution in [0.1, 0.15) is 44.2 Å². The first kappa shape index (κ1) is 25.7. The Kier molecular flexibility index (Phi) is 6.38. The number of carbonyl (C=O) groups is 4. The number of Topliss-reactive ketones (excluding diaryl/α,β-unsaturated/α-hetero) is 1. The summed E-state index contributed by atoms with van der Waals surface area (Å²) in [4.78, 5) is 48.8. The number of nitrogens with two attached hydrogens (primary N) is 3. The van der Waals surface area contributed by atoms with Crippen LogP contribution in [0.2, 0.25) is 0 Å². The molecule has 0 unspecified atom stereocenters. The van der Waals surface area contributed by atoms with E-state index in [9.17, 15) is 14.4 Å². The van der Waals surface area contributed by atoms with Gasteiger partial charge in [0.2, 0.25) is 0 Å². The Labute approximate surface area is 208 Å². The number of primary amides is 2. The van der Waals surface area contributed by atoms with E-state index in [0.717, 1.165) is 11.1 Å². The molecule has 1 saturated heterocycles. The van der Waals surface area contributed by atoms with E-state index in [2.05, 4.69) is 10.6 Å². The van der Waals surface area contributed by atoms with Crippen LogP contribution in [0.4, 0.5) is 9.59 Å². The Morgan fingerprint density at radius 3 is 2.50 bits per heavy atom. The molecule has 196 valence electrons. The fourth-order valence-corrected chi connectivity index (χ4v) is 6.41. The third kappa shape index (κ3) is 3.66. The number of ketones is 1. The zero-order valence-corrected chi connectivity index (χ0v) is 20.5. The number of benzene rings is 1. The van der Waals surface area contributed by atoms with Gasteiger partial charge < -0.3 is 36.5 Å². The SMILES string of the molecule is CC(C)[C@H](N)C(=O)Oc1ccc2c3c1O[C@H]1C(=O)CC[C@@]4(OC(N)=O)[C@@H](C2)N(C)CC[C@]314.NC(=O)O. The molecule has 0 aromatic heterocycles. The fraction of sp³-hybridized carbons (Fsp3) is 0.583. The van der Waals surface area contributed by atoms with Gasteiger partial charge in [0.25, 0.3) is 0 Å². The number of rotatable bonds is 4. The number of piperidine rings is 1. The molecule has 2 aliphatic heterocycles. The smallest absolute Gasteiger partial charge is 0.405 e. The zero-order chi connectivity index (χ0) is 26.6. The van der Waals surface area contributed by atoms with Crippen molar-refractivity contribution in [3.05, 3.63) is 23.3 Å². The zero-order valence-electron chi connectivity index (χ0n) is 20.5. The summed E-state index contributed by atoms with van der Waals surface area (Å²) in [6.07, 6.45) is -1.24. The predicted octanol–water partition coefficient (Wildman–Crippen LogP) is 0.654. The van der Waals surface area contributed by atoms with E-state index in [1.807, 2.05) is 27.0 Å². The van der Waals surface area contributed by atoms with Crippen LogP contribution in [0.5, 0.6) is 11.5 Å². The van der Waals surface area contributed by atoms with Crippen LogP contribution in [0.15, 0.2) is 12.1 Å². The molecule has 0 radical (unpaired) electrons. The van der Waals surface area contributed by atoms with Gasteiger partial charge in [-0.05, 0) is 50.4 Å². The number of carbonyl (C=O) groups excluding carboxylic acids is 3. The Hall–Kier alpha value is -3.38. The summed E-state index contributed by atoms with van der Waals surface area (Å²) < 4.78 is 17.9. The molecule has 1 spiro atoms. The van der Waals surface area contributed by atoms with Crippen LogP contribution in [0, 0.1) is 5.92 Å². The molecule has 1 aromatic carbocycles. The minimum atomic E-state index is -1.33. The van der Waals surface area contributed by atoms with Crippen molar-refractivity contribution in [2.45, 2.75) is 68.7 Å². The van der Waals surface area contributed by atoms with Crippen LogP contribution < -0.4 is 26.7 Å². The fourth-order valence-electron chi connectivity index (χ4n) is 6.41. The predicted molar refractivity (Wildman–Crippen MR) is 126 cm³/mol. The van der Waals surface area contributed by atoms with Gasteiger partial charge in [-0.3, -0.25) is 9.69 Å². The van der Waals surface area contributed by atoms with Gasteiger partial charge in [-0.25, -0.2) is 14.4 Å². The number of hydrogen-bond acceptors (Lipinski definition) is 9. The summed E-state index contributed by atoms with van der Waals surface area (Å²) in [6.45, 7) is 4.39. The first-order valence-electron chi connectivity index (χ1n) is 11.9. The number of likely N-dealkylation sites (N-methyl/N-ethyl adjacent to an activating group) is 1. The van der Waals surface area contributed by atoms with E-state index < -0.39 is 41.3 Å². The van der Waals surface area contributed by atoms with Crippen molar-refractivity contribution in [1.82, 2.24) is 4.90 Å². The van der Waals surface area contributed by atoms with E-state index in [4.69, 9.17) is 35.6 Å². The van der Waals surface area contributed by atoms with Crippen molar-refractivity contribution in [3.63, 3.8) is 0 Å². The van der Waals surface area contributed by atoms with Gasteiger partial charge in [0.05, 0.1) is 11.5 Å². The van der Waals surface area contributed by atoms with E-state index >= 15 is 0 Å². The molecule has 2 fully saturated rings. The average molecular weight is 505 g/mol. The molecule has 5 atom stereocenters. The molecule has 2 amide bonds. The highest BCUT2D eigenvalue weighted by molar-refractivity contribution is 5.91. The molecule has 5 rings (SSSR count). The lowest BCUT2D eigenvalue weighted by atomic mass is 9.49. The number of hydrogen-bond donors (Lipinski definition) is 4. The summed E-state index contributed by atoms with van der Waals surface area (Å²) in [5, 5.41) is 7.19. The molecule has 1 aromatic rings. The van der Waals surface area contributed by atoms with Crippen LogP contribution in [0.25, 0.3) is 0 Å². The summed E-state index contributed by atoms with van der Waals surface area (Å²) in [7, 11) is 2.00. The van der Waals surface area contributed by atoms with Crippen molar-refractivity contribution in [3.8, 4) is 11.5 Å². The minimum Gasteiger partial charge on any atom is -0.477 e. The standard InChI is InChI=1S/C23H29N3O6.CH3NO2/c1-11(2)17(24)20(28)30-14-5-4-12-10-15-23(32-21(25)29)7-6-13(27)19-22(23,8-9-26(15)3)16(12)18(14)31-19;2-1(3)4/h4-5,11,15,17,19H,6-10,24H2,1-3H3,(H2,25,29);2H2,(H,3,4)/t15-,17+,19+,22+,23-;/m1./s1. The minimum absolute atomic E-state index is 0.0443. The van der Waals surface area contributed by atoms with Gasteiger partial charge in [0.15, 0.2) is 23.4 Å². The van der Waals surface area contributed by atoms with E-state index in [-0.39, 0.29) is 29.9 Å². The number of nitrogens with zero attached hydrogens (tertiary/aromatic N) is 1. The van der Waals surface area contributed by atoms with Crippen LogP contribution in [0.3, 0.4) is 0 Å². The summed E-state index contributed by atoms with van der Waals surface area (Å²) in [6, 6.07) is 2.70. The van der Waals surface area contributed by atoms with Crippen LogP contribution in [-0.2, 0) is 26.2 Å². The summed E-state index contributed by atoms with van der Waals surface area (Å²) in [5.41, 5.74) is 15.5. The molecular weight excluding hydrogens is 472 g/mol. The van der Waals surface area contributed by atoms with Crippen LogP contribution >= 0.6 is 0 Å². The Morgan fingerprint density at radius 1 is 1.22 bits per heavy atom. The molecule has 4 aliphatic rings. The third-order valence-electron chi connectivity index (χ3n) is 7.95. The number of ether oxygens (including phenoxy) is 3. The van der Waals surface area contributed by atoms with Gasteiger partial charge in [-0.2, -0.15) is 0 Å². The second-order valence-corrected chi connectivity index (χ2v) is 10.2. The van der Waals surface area contributed by atoms with Crippen molar-refractivity contribution >= 4 is 23.9 Å². The van der Waals surface area contributed by atoms with Gasteiger partial charge in [-0.1, -0.05) is 19.9 Å². The lowest BCUT2D eigenvalue weighted by Crippen LogP contribution is -2.77. The molecular formula is C24H32N4O8. The number of carboxylic acid groups (broad SMARTS) is 1. The molecule has 12 heteroatoms. The highest BCUT2D eigenvalue weighted by Crippen LogP contribution is 2.65. The largest absolute Gasteiger partial charge is 0.477 e. The lowest BCUT2D eigenvalue weighted by molar-refractivity contribution is -0.184. The van der Waals surface area contributed by atoms with Gasteiger partial charge in [0, 0.05) is 12.0 Å². The monoisotopic (exact) mass is 504 g/mol. The highest BCUT2D eigenvalue weighted by Gasteiger charge is 2.75. The molecule has 2 heterocycles. The quantitative estimate of drug-likeness (QED) is 0.334. The Balaban J connectivity index is 0.000000709. The van der Waals surface area contributed by atoms with Crippen molar-refractivity contribution in [2.24, 2.45) is 23.1 Å². The van der Waals surface area contributed by atoms with E-state index in [0.29, 0.717) is 31.6 Å². The molecule has 2 aliphatic carbocycles. The van der Waals surface area contributed by atoms with Crippen molar-refractivity contribution < 1.29 is 38.5 Å². The van der Waals surface area contributed by atoms with E-state index in [1.54, 1.807) is 6.07 Å². The van der Waals surface area contributed by atoms with Gasteiger partial charge >= 0.3 is 18.2 Å². The third-order valence-corrected chi connectivity index (χ3v) is 7.95. The number of esters is 1. The normalized spacial score (nSPS) is 30.3.